The Balaban J connectivity index is 3.03. The van der Waals surface area contributed by atoms with Crippen molar-refractivity contribution < 1.29 is 19.0 Å². The van der Waals surface area contributed by atoms with Crippen molar-refractivity contribution in [2.75, 3.05) is 27.4 Å². The summed E-state index contributed by atoms with van der Waals surface area (Å²) in [6.45, 7) is 2.29. The third-order valence-electron chi connectivity index (χ3n) is 2.62. The quantitative estimate of drug-likeness (QED) is 0.774. The van der Waals surface area contributed by atoms with E-state index in [2.05, 4.69) is 0 Å². The van der Waals surface area contributed by atoms with E-state index in [1.807, 2.05) is 0 Å². The predicted octanol–water partition coefficient (Wildman–Crippen LogP) is 1.31. The van der Waals surface area contributed by atoms with Gasteiger partial charge in [-0.2, -0.15) is 0 Å². The molecule has 5 nitrogen and oxygen atoms in total. The van der Waals surface area contributed by atoms with Gasteiger partial charge in [-0.1, -0.05) is 6.07 Å². The van der Waals surface area contributed by atoms with Crippen LogP contribution in [0.25, 0.3) is 0 Å². The molecule has 1 atom stereocenters. The normalized spacial score (nSPS) is 11.8. The van der Waals surface area contributed by atoms with E-state index < -0.39 is 5.92 Å². The summed E-state index contributed by atoms with van der Waals surface area (Å²) in [5.41, 5.74) is 6.38. The fourth-order valence-electron chi connectivity index (χ4n) is 1.68. The Morgan fingerprint density at radius 1 is 1.28 bits per heavy atom. The van der Waals surface area contributed by atoms with Crippen molar-refractivity contribution in [1.29, 1.82) is 0 Å². The summed E-state index contributed by atoms with van der Waals surface area (Å²) in [7, 11) is 3.10. The molecule has 0 bridgehead atoms. The number of carbonyl (C=O) groups is 1. The van der Waals surface area contributed by atoms with Gasteiger partial charge < -0.3 is 19.9 Å². The van der Waals surface area contributed by atoms with Crippen LogP contribution in [0.15, 0.2) is 18.2 Å². The molecular formula is C13H19NO4. The van der Waals surface area contributed by atoms with Crippen molar-refractivity contribution in [2.45, 2.75) is 12.8 Å². The molecule has 100 valence electrons. The molecule has 0 aliphatic heterocycles. The Labute approximate surface area is 107 Å². The predicted molar refractivity (Wildman–Crippen MR) is 68.0 cm³/mol. The van der Waals surface area contributed by atoms with Gasteiger partial charge in [-0.25, -0.2) is 0 Å². The maximum absolute atomic E-state index is 11.8. The number of methoxy groups -OCH3 is 2. The SMILES string of the molecule is CCOC(=O)[C@H](CN)c1ccc(OC)c(OC)c1. The van der Waals surface area contributed by atoms with E-state index in [1.54, 1.807) is 39.3 Å². The first-order chi connectivity index (χ1) is 8.67. The summed E-state index contributed by atoms with van der Waals surface area (Å²) in [4.78, 5) is 11.8. The standard InChI is InChI=1S/C13H19NO4/c1-4-18-13(15)10(8-14)9-5-6-11(16-2)12(7-9)17-3/h5-7,10H,4,8,14H2,1-3H3/t10-/m1/s1. The maximum atomic E-state index is 11.8. The molecule has 0 spiro atoms. The van der Waals surface area contributed by atoms with Crippen molar-refractivity contribution in [1.82, 2.24) is 0 Å². The summed E-state index contributed by atoms with van der Waals surface area (Å²) in [5, 5.41) is 0. The number of rotatable bonds is 6. The second-order valence-electron chi connectivity index (χ2n) is 3.65. The number of benzene rings is 1. The topological polar surface area (TPSA) is 70.8 Å². The van der Waals surface area contributed by atoms with Crippen LogP contribution in [0.3, 0.4) is 0 Å². The number of carbonyl (C=O) groups excluding carboxylic acids is 1. The summed E-state index contributed by atoms with van der Waals surface area (Å²) in [6, 6.07) is 5.28. The van der Waals surface area contributed by atoms with Gasteiger partial charge in [-0.3, -0.25) is 4.79 Å². The Morgan fingerprint density at radius 3 is 2.44 bits per heavy atom. The lowest BCUT2D eigenvalue weighted by atomic mass is 9.99. The lowest BCUT2D eigenvalue weighted by Crippen LogP contribution is -2.23. The van der Waals surface area contributed by atoms with Crippen LogP contribution in [0.4, 0.5) is 0 Å². The molecule has 2 N–H and O–H groups in total. The second kappa shape index (κ2) is 6.86. The van der Waals surface area contributed by atoms with Gasteiger partial charge in [-0.05, 0) is 24.6 Å². The molecule has 0 heterocycles. The first kappa shape index (κ1) is 14.3. The molecule has 0 fully saturated rings. The Bertz CT molecular complexity index is 406. The first-order valence-electron chi connectivity index (χ1n) is 5.76. The van der Waals surface area contributed by atoms with Gasteiger partial charge in [0.25, 0.3) is 0 Å². The minimum atomic E-state index is -0.482. The molecule has 0 radical (unpaired) electrons. The number of nitrogens with two attached hydrogens (primary N) is 1. The van der Waals surface area contributed by atoms with Crippen LogP contribution in [0.1, 0.15) is 18.4 Å². The Morgan fingerprint density at radius 2 is 1.94 bits per heavy atom. The zero-order valence-corrected chi connectivity index (χ0v) is 10.9. The third kappa shape index (κ3) is 3.13. The zero-order chi connectivity index (χ0) is 13.5. The van der Waals surface area contributed by atoms with E-state index in [1.165, 1.54) is 0 Å². The van der Waals surface area contributed by atoms with E-state index in [4.69, 9.17) is 19.9 Å². The van der Waals surface area contributed by atoms with Crippen LogP contribution in [-0.2, 0) is 9.53 Å². The summed E-state index contributed by atoms with van der Waals surface area (Å²) >= 11 is 0. The fourth-order valence-corrected chi connectivity index (χ4v) is 1.68. The average Bonchev–Trinajstić information content (AvgIpc) is 2.39. The van der Waals surface area contributed by atoms with Crippen LogP contribution in [0.5, 0.6) is 11.5 Å². The molecule has 0 aromatic heterocycles. The highest BCUT2D eigenvalue weighted by Gasteiger charge is 2.21. The molecular weight excluding hydrogens is 234 g/mol. The number of ether oxygens (including phenoxy) is 3. The minimum Gasteiger partial charge on any atom is -0.493 e. The lowest BCUT2D eigenvalue weighted by Gasteiger charge is -2.16. The van der Waals surface area contributed by atoms with Gasteiger partial charge in [0.15, 0.2) is 11.5 Å². The molecule has 0 unspecified atom stereocenters. The zero-order valence-electron chi connectivity index (χ0n) is 10.9. The molecule has 1 rings (SSSR count). The van der Waals surface area contributed by atoms with Crippen molar-refractivity contribution in [2.24, 2.45) is 5.73 Å². The van der Waals surface area contributed by atoms with Crippen LogP contribution < -0.4 is 15.2 Å². The van der Waals surface area contributed by atoms with Gasteiger partial charge in [0.1, 0.15) is 0 Å². The van der Waals surface area contributed by atoms with E-state index in [0.717, 1.165) is 5.56 Å². The van der Waals surface area contributed by atoms with Crippen molar-refractivity contribution in [3.05, 3.63) is 23.8 Å². The fraction of sp³-hybridized carbons (Fsp3) is 0.462. The first-order valence-corrected chi connectivity index (χ1v) is 5.76. The van der Waals surface area contributed by atoms with Gasteiger partial charge in [0.2, 0.25) is 0 Å². The molecule has 0 saturated heterocycles. The van der Waals surface area contributed by atoms with Crippen LogP contribution in [0.2, 0.25) is 0 Å². The minimum absolute atomic E-state index is 0.189. The van der Waals surface area contributed by atoms with Crippen molar-refractivity contribution in [3.63, 3.8) is 0 Å². The molecule has 1 aromatic carbocycles. The molecule has 18 heavy (non-hydrogen) atoms. The molecule has 0 aliphatic rings. The molecule has 0 amide bonds. The van der Waals surface area contributed by atoms with Crippen molar-refractivity contribution >= 4 is 5.97 Å². The van der Waals surface area contributed by atoms with E-state index in [0.29, 0.717) is 18.1 Å². The number of hydrogen-bond donors (Lipinski definition) is 1. The second-order valence-corrected chi connectivity index (χ2v) is 3.65. The Kier molecular flexibility index (Phi) is 5.45. The van der Waals surface area contributed by atoms with E-state index in [9.17, 15) is 4.79 Å². The van der Waals surface area contributed by atoms with Crippen LogP contribution in [0, 0.1) is 0 Å². The molecule has 1 aromatic rings. The highest BCUT2D eigenvalue weighted by Crippen LogP contribution is 2.30. The summed E-state index contributed by atoms with van der Waals surface area (Å²) < 4.78 is 15.3. The summed E-state index contributed by atoms with van der Waals surface area (Å²) in [5.74, 6) is 0.371. The monoisotopic (exact) mass is 253 g/mol. The van der Waals surface area contributed by atoms with Crippen molar-refractivity contribution in [3.8, 4) is 11.5 Å². The van der Waals surface area contributed by atoms with Crippen LogP contribution in [-0.4, -0.2) is 33.3 Å². The molecule has 0 aliphatic carbocycles. The Hall–Kier alpha value is -1.75. The van der Waals surface area contributed by atoms with E-state index >= 15 is 0 Å². The highest BCUT2D eigenvalue weighted by molar-refractivity contribution is 5.78. The van der Waals surface area contributed by atoms with Crippen LogP contribution >= 0.6 is 0 Å². The highest BCUT2D eigenvalue weighted by atomic mass is 16.5. The smallest absolute Gasteiger partial charge is 0.314 e. The average molecular weight is 253 g/mol. The molecule has 0 saturated carbocycles. The van der Waals surface area contributed by atoms with Gasteiger partial charge >= 0.3 is 5.97 Å². The summed E-state index contributed by atoms with van der Waals surface area (Å²) in [6.07, 6.45) is 0. The number of esters is 1. The third-order valence-corrected chi connectivity index (χ3v) is 2.62. The van der Waals surface area contributed by atoms with Gasteiger partial charge in [0.05, 0.1) is 26.7 Å². The van der Waals surface area contributed by atoms with E-state index in [-0.39, 0.29) is 12.5 Å². The van der Waals surface area contributed by atoms with Gasteiger partial charge in [0, 0.05) is 6.54 Å². The largest absolute Gasteiger partial charge is 0.493 e. The lowest BCUT2D eigenvalue weighted by molar-refractivity contribution is -0.144. The number of hydrogen-bond acceptors (Lipinski definition) is 5. The molecule has 5 heteroatoms. The maximum Gasteiger partial charge on any atom is 0.314 e. The van der Waals surface area contributed by atoms with Gasteiger partial charge in [-0.15, -0.1) is 0 Å².